The maximum Gasteiger partial charge on any atom is 0.259 e. The minimum atomic E-state index is -4.11. The van der Waals surface area contributed by atoms with Gasteiger partial charge in [-0.05, 0) is 41.1 Å². The Morgan fingerprint density at radius 2 is 2.09 bits per heavy atom. The van der Waals surface area contributed by atoms with Crippen LogP contribution in [0.3, 0.4) is 0 Å². The first-order valence-electron chi connectivity index (χ1n) is 10.0. The Hall–Kier alpha value is -2.08. The molecule has 0 saturated carbocycles. The lowest BCUT2D eigenvalue weighted by Gasteiger charge is -2.37. The molecule has 1 aromatic carbocycles. The van der Waals surface area contributed by atoms with Crippen molar-refractivity contribution in [1.82, 2.24) is 14.2 Å². The lowest BCUT2D eigenvalue weighted by Crippen LogP contribution is -2.50. The van der Waals surface area contributed by atoms with Gasteiger partial charge < -0.3 is 14.7 Å². The first kappa shape index (κ1) is 24.6. The van der Waals surface area contributed by atoms with E-state index < -0.39 is 32.9 Å². The maximum absolute atomic E-state index is 14.2. The quantitative estimate of drug-likeness (QED) is 0.617. The van der Waals surface area contributed by atoms with Crippen LogP contribution in [0.2, 0.25) is 0 Å². The number of aliphatic hydroxyl groups excluding tert-OH is 1. The van der Waals surface area contributed by atoms with Crippen LogP contribution in [-0.4, -0.2) is 72.5 Å². The second-order valence-corrected chi connectivity index (χ2v) is 10.8. The van der Waals surface area contributed by atoms with Crippen molar-refractivity contribution in [2.24, 2.45) is 5.92 Å². The van der Waals surface area contributed by atoms with E-state index in [1.54, 1.807) is 13.0 Å². The van der Waals surface area contributed by atoms with Gasteiger partial charge in [-0.3, -0.25) is 4.79 Å². The monoisotopic (exact) mass is 529 g/mol. The number of rotatable bonds is 6. The molecular formula is C21H25BrFN3O5S. The van der Waals surface area contributed by atoms with E-state index in [2.05, 4.69) is 20.9 Å². The molecule has 3 rings (SSSR count). The lowest BCUT2D eigenvalue weighted by atomic mass is 10.0. The number of hydrogen-bond donors (Lipinski definition) is 1. The number of carbonyl (C=O) groups excluding carboxylic acids is 1. The third kappa shape index (κ3) is 4.95. The van der Waals surface area contributed by atoms with Crippen molar-refractivity contribution in [3.63, 3.8) is 0 Å². The number of carbonyl (C=O) groups is 1. The number of sulfonamides is 1. The zero-order chi connectivity index (χ0) is 23.6. The molecule has 0 saturated heterocycles. The molecule has 174 valence electrons. The van der Waals surface area contributed by atoms with Gasteiger partial charge in [-0.15, -0.1) is 0 Å². The second-order valence-electron chi connectivity index (χ2n) is 7.84. The summed E-state index contributed by atoms with van der Waals surface area (Å²) in [7, 11) is -2.76. The molecule has 3 atom stereocenters. The fourth-order valence-corrected chi connectivity index (χ4v) is 5.04. The Morgan fingerprint density at radius 3 is 2.75 bits per heavy atom. The summed E-state index contributed by atoms with van der Waals surface area (Å²) in [6, 6.07) is 6.29. The first-order valence-corrected chi connectivity index (χ1v) is 12.2. The molecular weight excluding hydrogens is 505 g/mol. The Balaban J connectivity index is 1.96. The van der Waals surface area contributed by atoms with Crippen molar-refractivity contribution in [3.8, 4) is 5.88 Å². The molecule has 0 fully saturated rings. The van der Waals surface area contributed by atoms with Gasteiger partial charge in [-0.25, -0.2) is 17.8 Å². The Labute approximate surface area is 195 Å². The molecule has 2 heterocycles. The van der Waals surface area contributed by atoms with Gasteiger partial charge in [0.2, 0.25) is 15.9 Å². The molecule has 11 heteroatoms. The molecule has 32 heavy (non-hydrogen) atoms. The number of nitrogens with zero attached hydrogens (tertiary/aromatic N) is 3. The molecule has 1 aromatic heterocycles. The van der Waals surface area contributed by atoms with Crippen LogP contribution in [0.1, 0.15) is 24.2 Å². The first-order chi connectivity index (χ1) is 15.1. The summed E-state index contributed by atoms with van der Waals surface area (Å²) in [4.78, 5) is 18.4. The number of benzene rings is 1. The summed E-state index contributed by atoms with van der Waals surface area (Å²) in [5, 5.41) is 9.65. The smallest absolute Gasteiger partial charge is 0.259 e. The van der Waals surface area contributed by atoms with Gasteiger partial charge >= 0.3 is 0 Å². The number of aromatic nitrogens is 1. The van der Waals surface area contributed by atoms with Crippen molar-refractivity contribution < 1.29 is 27.4 Å². The predicted octanol–water partition coefficient (Wildman–Crippen LogP) is 2.52. The molecule has 8 nitrogen and oxygen atoms in total. The van der Waals surface area contributed by atoms with Crippen molar-refractivity contribution in [3.05, 3.63) is 52.4 Å². The number of likely N-dealkylation sites (N-methyl/N-ethyl adjacent to an activating group) is 1. The molecule has 1 aliphatic heterocycles. The predicted molar refractivity (Wildman–Crippen MR) is 119 cm³/mol. The van der Waals surface area contributed by atoms with Crippen LogP contribution in [0.4, 0.5) is 4.39 Å². The highest BCUT2D eigenvalue weighted by molar-refractivity contribution is 9.10. The van der Waals surface area contributed by atoms with Crippen LogP contribution >= 0.6 is 15.9 Å². The van der Waals surface area contributed by atoms with Gasteiger partial charge in [-0.1, -0.05) is 19.1 Å². The highest BCUT2D eigenvalue weighted by Crippen LogP contribution is 2.29. The standard InChI is InChI=1S/C21H25BrFN3O5S/c1-13-10-26(14(2)12-27)21(28)16-8-15(22)9-24-20(16)31-18(13)11-25(3)32(29,30)19-7-5-4-6-17(19)23/h4-9,13-14,18,27H,10-12H2,1-3H3/t13-,14+,18+/m0/s1. The third-order valence-corrected chi connectivity index (χ3v) is 7.74. The fourth-order valence-electron chi connectivity index (χ4n) is 3.47. The van der Waals surface area contributed by atoms with Gasteiger partial charge in [0.25, 0.3) is 5.91 Å². The van der Waals surface area contributed by atoms with Crippen molar-refractivity contribution in [2.75, 3.05) is 26.7 Å². The average molecular weight is 530 g/mol. The van der Waals surface area contributed by atoms with Crippen molar-refractivity contribution >= 4 is 31.9 Å². The summed E-state index contributed by atoms with van der Waals surface area (Å²) in [5.41, 5.74) is 0.205. The largest absolute Gasteiger partial charge is 0.472 e. The molecule has 2 aromatic rings. The van der Waals surface area contributed by atoms with Crippen LogP contribution in [0.5, 0.6) is 5.88 Å². The SMILES string of the molecule is C[C@H](CO)N1C[C@H](C)[C@@H](CN(C)S(=O)(=O)c2ccccc2F)Oc2ncc(Br)cc2C1=O. The number of ether oxygens (including phenoxy) is 1. The zero-order valence-electron chi connectivity index (χ0n) is 17.9. The molecule has 0 radical (unpaired) electrons. The van der Waals surface area contributed by atoms with E-state index in [0.717, 1.165) is 10.4 Å². The fraction of sp³-hybridized carbons (Fsp3) is 0.429. The van der Waals surface area contributed by atoms with Gasteiger partial charge in [-0.2, -0.15) is 4.31 Å². The number of halogens is 2. The van der Waals surface area contributed by atoms with Crippen LogP contribution < -0.4 is 4.74 Å². The van der Waals surface area contributed by atoms with Gasteiger partial charge in [0, 0.05) is 30.2 Å². The normalized spacial score (nSPS) is 20.3. The van der Waals surface area contributed by atoms with Crippen molar-refractivity contribution in [1.29, 1.82) is 0 Å². The van der Waals surface area contributed by atoms with Crippen LogP contribution in [0.15, 0.2) is 45.9 Å². The Bertz CT molecular complexity index is 1100. The molecule has 0 unspecified atom stereocenters. The van der Waals surface area contributed by atoms with E-state index in [4.69, 9.17) is 4.74 Å². The van der Waals surface area contributed by atoms with Gasteiger partial charge in [0.1, 0.15) is 22.4 Å². The van der Waals surface area contributed by atoms with E-state index in [-0.39, 0.29) is 43.0 Å². The maximum atomic E-state index is 14.2. The summed E-state index contributed by atoms with van der Waals surface area (Å²) in [6.45, 7) is 3.45. The minimum absolute atomic E-state index is 0.0709. The third-order valence-electron chi connectivity index (χ3n) is 5.45. The Morgan fingerprint density at radius 1 is 1.41 bits per heavy atom. The highest BCUT2D eigenvalue weighted by atomic mass is 79.9. The molecule has 1 amide bonds. The summed E-state index contributed by atoms with van der Waals surface area (Å²) in [5.74, 6) is -1.42. The van der Waals surface area contributed by atoms with Crippen LogP contribution in [-0.2, 0) is 10.0 Å². The lowest BCUT2D eigenvalue weighted by molar-refractivity contribution is 0.0373. The summed E-state index contributed by atoms with van der Waals surface area (Å²) < 4.78 is 47.7. The number of fused-ring (bicyclic) bond motifs is 1. The highest BCUT2D eigenvalue weighted by Gasteiger charge is 2.36. The topological polar surface area (TPSA) is 100 Å². The Kier molecular flexibility index (Phi) is 7.53. The number of aliphatic hydroxyl groups is 1. The van der Waals surface area contributed by atoms with E-state index in [9.17, 15) is 22.7 Å². The van der Waals surface area contributed by atoms with Gasteiger partial charge in [0.15, 0.2) is 0 Å². The molecule has 0 bridgehead atoms. The van der Waals surface area contributed by atoms with Crippen LogP contribution in [0, 0.1) is 11.7 Å². The molecule has 0 spiro atoms. The van der Waals surface area contributed by atoms with E-state index in [0.29, 0.717) is 4.47 Å². The average Bonchev–Trinajstić information content (AvgIpc) is 2.76. The molecule has 0 aliphatic carbocycles. The number of hydrogen-bond acceptors (Lipinski definition) is 6. The van der Waals surface area contributed by atoms with E-state index in [1.165, 1.54) is 36.3 Å². The van der Waals surface area contributed by atoms with Crippen molar-refractivity contribution in [2.45, 2.75) is 30.9 Å². The summed E-state index contributed by atoms with van der Waals surface area (Å²) >= 11 is 3.30. The number of pyridine rings is 1. The van der Waals surface area contributed by atoms with Gasteiger partial charge in [0.05, 0.1) is 19.2 Å². The number of amides is 1. The second kappa shape index (κ2) is 9.82. The van der Waals surface area contributed by atoms with Crippen LogP contribution in [0.25, 0.3) is 0 Å². The molecule has 1 aliphatic rings. The van der Waals surface area contributed by atoms with E-state index in [1.807, 2.05) is 6.92 Å². The summed E-state index contributed by atoms with van der Waals surface area (Å²) in [6.07, 6.45) is 0.796. The zero-order valence-corrected chi connectivity index (χ0v) is 20.3. The molecule has 1 N–H and O–H groups in total. The van der Waals surface area contributed by atoms with E-state index >= 15 is 0 Å². The minimum Gasteiger partial charge on any atom is -0.472 e.